The van der Waals surface area contributed by atoms with Crippen LogP contribution in [-0.2, 0) is 12.8 Å². The maximum Gasteiger partial charge on any atom is 0.269 e. The van der Waals surface area contributed by atoms with Crippen LogP contribution in [0.4, 0.5) is 5.69 Å². The molecule has 2 aromatic rings. The molecule has 1 saturated heterocycles. The van der Waals surface area contributed by atoms with Crippen LogP contribution in [0.2, 0.25) is 0 Å². The van der Waals surface area contributed by atoms with Crippen molar-refractivity contribution in [3.05, 3.63) is 65.2 Å². The molecule has 0 aromatic heterocycles. The first kappa shape index (κ1) is 17.5. The van der Waals surface area contributed by atoms with E-state index in [9.17, 15) is 4.79 Å². The fourth-order valence-corrected chi connectivity index (χ4v) is 3.56. The highest BCUT2D eigenvalue weighted by atomic mass is 16.2. The van der Waals surface area contributed by atoms with Crippen molar-refractivity contribution in [2.45, 2.75) is 39.2 Å². The van der Waals surface area contributed by atoms with E-state index in [4.69, 9.17) is 0 Å². The number of aryl methyl sites for hydroxylation is 1. The molecule has 1 unspecified atom stereocenters. The van der Waals surface area contributed by atoms with E-state index in [0.717, 1.165) is 38.0 Å². The van der Waals surface area contributed by atoms with Gasteiger partial charge in [-0.3, -0.25) is 15.2 Å². The molecule has 0 radical (unpaired) electrons. The molecule has 1 aliphatic heterocycles. The lowest BCUT2D eigenvalue weighted by molar-refractivity contribution is 0.0945. The summed E-state index contributed by atoms with van der Waals surface area (Å²) in [6.45, 7) is 6.23. The number of carbonyl (C=O) groups is 1. The van der Waals surface area contributed by atoms with Gasteiger partial charge in [-0.05, 0) is 55.1 Å². The molecule has 1 amide bonds. The number of nitrogens with one attached hydrogen (secondary N) is 2. The first-order valence-corrected chi connectivity index (χ1v) is 9.21. The summed E-state index contributed by atoms with van der Waals surface area (Å²) >= 11 is 0. The van der Waals surface area contributed by atoms with Gasteiger partial charge >= 0.3 is 0 Å². The van der Waals surface area contributed by atoms with Crippen LogP contribution < -0.4 is 15.8 Å². The third-order valence-corrected chi connectivity index (χ3v) is 4.90. The van der Waals surface area contributed by atoms with Crippen molar-refractivity contribution in [3.8, 4) is 0 Å². The van der Waals surface area contributed by atoms with Crippen LogP contribution in [0.1, 0.15) is 41.8 Å². The van der Waals surface area contributed by atoms with E-state index in [2.05, 4.69) is 47.8 Å². The van der Waals surface area contributed by atoms with Crippen molar-refractivity contribution in [3.63, 3.8) is 0 Å². The van der Waals surface area contributed by atoms with Gasteiger partial charge < -0.3 is 5.32 Å². The van der Waals surface area contributed by atoms with E-state index in [1.165, 1.54) is 11.1 Å². The average Bonchev–Trinajstić information content (AvgIpc) is 3.20. The van der Waals surface area contributed by atoms with E-state index in [1.54, 1.807) is 0 Å². The van der Waals surface area contributed by atoms with Crippen molar-refractivity contribution in [2.75, 3.05) is 18.1 Å². The fourth-order valence-electron chi connectivity index (χ4n) is 3.56. The van der Waals surface area contributed by atoms with Gasteiger partial charge in [0.05, 0.1) is 11.7 Å². The summed E-state index contributed by atoms with van der Waals surface area (Å²) in [5.74, 6) is -0.0588. The smallest absolute Gasteiger partial charge is 0.269 e. The zero-order chi connectivity index (χ0) is 17.6. The van der Waals surface area contributed by atoms with Crippen LogP contribution in [0, 0.1) is 0 Å². The van der Waals surface area contributed by atoms with Gasteiger partial charge in [-0.1, -0.05) is 44.2 Å². The molecule has 1 atom stereocenters. The van der Waals surface area contributed by atoms with Crippen molar-refractivity contribution in [2.24, 2.45) is 0 Å². The fraction of sp³-hybridized carbons (Fsp3) is 0.381. The van der Waals surface area contributed by atoms with Crippen molar-refractivity contribution in [1.82, 2.24) is 10.7 Å². The Labute approximate surface area is 150 Å². The Hall–Kier alpha value is -2.33. The van der Waals surface area contributed by atoms with Gasteiger partial charge in [-0.2, -0.15) is 0 Å². The molecule has 2 aromatic carbocycles. The molecule has 0 aliphatic carbocycles. The number of rotatable bonds is 6. The van der Waals surface area contributed by atoms with Gasteiger partial charge in [0.1, 0.15) is 0 Å². The Kier molecular flexibility index (Phi) is 5.71. The van der Waals surface area contributed by atoms with E-state index < -0.39 is 0 Å². The highest BCUT2D eigenvalue weighted by Crippen LogP contribution is 2.27. The number of hydrazine groups is 1. The Balaban J connectivity index is 1.94. The van der Waals surface area contributed by atoms with E-state index in [1.807, 2.05) is 30.3 Å². The van der Waals surface area contributed by atoms with Gasteiger partial charge in [-0.15, -0.1) is 0 Å². The average molecular weight is 337 g/mol. The molecule has 25 heavy (non-hydrogen) atoms. The van der Waals surface area contributed by atoms with Crippen LogP contribution in [-0.4, -0.2) is 25.0 Å². The quantitative estimate of drug-likeness (QED) is 0.795. The van der Waals surface area contributed by atoms with Gasteiger partial charge in [0.25, 0.3) is 5.91 Å². The van der Waals surface area contributed by atoms with Crippen LogP contribution in [0.25, 0.3) is 0 Å². The number of anilines is 1. The lowest BCUT2D eigenvalue weighted by Gasteiger charge is -2.33. The van der Waals surface area contributed by atoms with Crippen molar-refractivity contribution < 1.29 is 4.79 Å². The summed E-state index contributed by atoms with van der Waals surface area (Å²) < 4.78 is 0. The molecule has 0 bridgehead atoms. The molecule has 2 N–H and O–H groups in total. The molecule has 1 heterocycles. The molecule has 1 aliphatic rings. The Bertz CT molecular complexity index is 708. The first-order valence-electron chi connectivity index (χ1n) is 9.21. The second-order valence-electron chi connectivity index (χ2n) is 6.45. The lowest BCUT2D eigenvalue weighted by Crippen LogP contribution is -2.50. The summed E-state index contributed by atoms with van der Waals surface area (Å²) in [6.07, 6.45) is 2.98. The standard InChI is InChI=1S/C21H27N3O/c1-3-16-11-8-12-20(19(16)4-2)24(18-13-14-22-15-18)23-21(25)17-9-6-5-7-10-17/h5-12,18,22H,3-4,13-15H2,1-2H3,(H,23,25). The third-order valence-electron chi connectivity index (χ3n) is 4.90. The van der Waals surface area contributed by atoms with Crippen molar-refractivity contribution >= 4 is 11.6 Å². The van der Waals surface area contributed by atoms with Gasteiger partial charge in [0, 0.05) is 12.1 Å². The number of hydrogen-bond donors (Lipinski definition) is 2. The Morgan fingerprint density at radius 3 is 2.56 bits per heavy atom. The Morgan fingerprint density at radius 1 is 1.12 bits per heavy atom. The lowest BCUT2D eigenvalue weighted by atomic mass is 10.00. The Morgan fingerprint density at radius 2 is 1.92 bits per heavy atom. The van der Waals surface area contributed by atoms with Crippen LogP contribution in [0.3, 0.4) is 0 Å². The van der Waals surface area contributed by atoms with E-state index in [-0.39, 0.29) is 11.9 Å². The highest BCUT2D eigenvalue weighted by Gasteiger charge is 2.26. The molecule has 0 saturated carbocycles. The largest absolute Gasteiger partial charge is 0.315 e. The normalized spacial score (nSPS) is 16.6. The molecular weight excluding hydrogens is 310 g/mol. The minimum Gasteiger partial charge on any atom is -0.315 e. The topological polar surface area (TPSA) is 44.4 Å². The minimum absolute atomic E-state index is 0.0588. The molecule has 3 rings (SSSR count). The minimum atomic E-state index is -0.0588. The van der Waals surface area contributed by atoms with Crippen LogP contribution in [0.5, 0.6) is 0 Å². The zero-order valence-corrected chi connectivity index (χ0v) is 15.1. The van der Waals surface area contributed by atoms with Gasteiger partial charge in [-0.25, -0.2) is 0 Å². The summed E-state index contributed by atoms with van der Waals surface area (Å²) in [6, 6.07) is 16.1. The number of nitrogens with zero attached hydrogens (tertiary/aromatic N) is 1. The molecule has 4 heteroatoms. The number of benzene rings is 2. The summed E-state index contributed by atoms with van der Waals surface area (Å²) in [7, 11) is 0. The summed E-state index contributed by atoms with van der Waals surface area (Å²) in [4.78, 5) is 12.8. The highest BCUT2D eigenvalue weighted by molar-refractivity contribution is 5.95. The molecule has 4 nitrogen and oxygen atoms in total. The second-order valence-corrected chi connectivity index (χ2v) is 6.45. The maximum atomic E-state index is 12.8. The summed E-state index contributed by atoms with van der Waals surface area (Å²) in [5.41, 5.74) is 7.66. The third kappa shape index (κ3) is 3.85. The predicted molar refractivity (Wildman–Crippen MR) is 103 cm³/mol. The number of amides is 1. The number of carbonyl (C=O) groups excluding carboxylic acids is 1. The van der Waals surface area contributed by atoms with Crippen LogP contribution >= 0.6 is 0 Å². The van der Waals surface area contributed by atoms with Crippen LogP contribution in [0.15, 0.2) is 48.5 Å². The van der Waals surface area contributed by atoms with Gasteiger partial charge in [0.15, 0.2) is 0 Å². The van der Waals surface area contributed by atoms with E-state index >= 15 is 0 Å². The first-order chi connectivity index (χ1) is 12.2. The van der Waals surface area contributed by atoms with E-state index in [0.29, 0.717) is 5.56 Å². The molecule has 1 fully saturated rings. The monoisotopic (exact) mass is 337 g/mol. The SMILES string of the molecule is CCc1cccc(N(NC(=O)c2ccccc2)C2CCNC2)c1CC. The van der Waals surface area contributed by atoms with Gasteiger partial charge in [0.2, 0.25) is 0 Å². The summed E-state index contributed by atoms with van der Waals surface area (Å²) in [5, 5.41) is 5.50. The zero-order valence-electron chi connectivity index (χ0n) is 15.1. The maximum absolute atomic E-state index is 12.8. The number of hydrogen-bond acceptors (Lipinski definition) is 3. The van der Waals surface area contributed by atoms with Crippen molar-refractivity contribution in [1.29, 1.82) is 0 Å². The molecule has 0 spiro atoms. The molecule has 132 valence electrons. The molecular formula is C21H27N3O. The predicted octanol–water partition coefficient (Wildman–Crippen LogP) is 3.32. The second kappa shape index (κ2) is 8.17.